The van der Waals surface area contributed by atoms with Gasteiger partial charge in [0.15, 0.2) is 0 Å². The zero-order chi connectivity index (χ0) is 34.2. The zero-order valence-electron chi connectivity index (χ0n) is 27.8. The number of aromatic nitrogens is 1. The molecule has 4 N–H and O–H groups in total. The van der Waals surface area contributed by atoms with Gasteiger partial charge in [0.05, 0.1) is 30.0 Å². The van der Waals surface area contributed by atoms with Crippen molar-refractivity contribution in [1.82, 2.24) is 20.3 Å². The molecule has 0 saturated heterocycles. The fourth-order valence-corrected chi connectivity index (χ4v) is 8.05. The third-order valence-corrected chi connectivity index (χ3v) is 10.3. The van der Waals surface area contributed by atoms with Crippen LogP contribution in [-0.2, 0) is 30.8 Å². The highest BCUT2D eigenvalue weighted by atomic mass is 32.2. The van der Waals surface area contributed by atoms with Gasteiger partial charge < -0.3 is 20.5 Å². The van der Waals surface area contributed by atoms with E-state index in [2.05, 4.69) is 20.3 Å². The summed E-state index contributed by atoms with van der Waals surface area (Å²) in [4.78, 5) is 32.6. The number of carbonyl (C=O) groups is 2. The van der Waals surface area contributed by atoms with Crippen molar-refractivity contribution >= 4 is 44.5 Å². The number of hydrogen-bond donors (Lipinski definition) is 4. The molecule has 2 aromatic carbocycles. The summed E-state index contributed by atoms with van der Waals surface area (Å²) in [6.45, 7) is 5.81. The summed E-state index contributed by atoms with van der Waals surface area (Å²) in [5, 5.41) is 18.8. The molecule has 47 heavy (non-hydrogen) atoms. The Morgan fingerprint density at radius 3 is 2.47 bits per heavy atom. The van der Waals surface area contributed by atoms with Crippen molar-refractivity contribution in [1.29, 1.82) is 0 Å². The number of pyridine rings is 1. The molecule has 0 radical (unpaired) electrons. The van der Waals surface area contributed by atoms with Crippen LogP contribution < -0.4 is 15.4 Å². The van der Waals surface area contributed by atoms with Crippen molar-refractivity contribution in [3.8, 4) is 0 Å². The van der Waals surface area contributed by atoms with E-state index in [1.54, 1.807) is 13.3 Å². The predicted molar refractivity (Wildman–Crippen MR) is 186 cm³/mol. The Labute approximate surface area is 282 Å². The molecule has 0 spiro atoms. The summed E-state index contributed by atoms with van der Waals surface area (Å²) in [6.07, 6.45) is 4.29. The monoisotopic (exact) mass is 684 g/mol. The lowest BCUT2D eigenvalue weighted by molar-refractivity contribution is -0.132. The number of nitrogens with one attached hydrogen (secondary N) is 3. The molecule has 1 saturated carbocycles. The fourth-order valence-electron chi connectivity index (χ4n) is 6.17. The molecule has 256 valence electrons. The number of hydrogen-bond acceptors (Lipinski definition) is 8. The largest absolute Gasteiger partial charge is 0.391 e. The first-order valence-corrected chi connectivity index (χ1v) is 18.9. The highest BCUT2D eigenvalue weighted by molar-refractivity contribution is 7.99. The van der Waals surface area contributed by atoms with Crippen molar-refractivity contribution in [3.63, 3.8) is 0 Å². The molecule has 2 amide bonds. The van der Waals surface area contributed by atoms with Crippen LogP contribution in [0, 0.1) is 11.8 Å². The van der Waals surface area contributed by atoms with Gasteiger partial charge in [0, 0.05) is 40.8 Å². The van der Waals surface area contributed by atoms with E-state index in [4.69, 9.17) is 4.74 Å². The topological polar surface area (TPSA) is 147 Å². The van der Waals surface area contributed by atoms with Gasteiger partial charge in [-0.1, -0.05) is 48.5 Å². The molecule has 3 unspecified atom stereocenters. The molecule has 1 aromatic heterocycles. The molecule has 3 aromatic rings. The van der Waals surface area contributed by atoms with Gasteiger partial charge in [-0.25, -0.2) is 13.1 Å². The van der Waals surface area contributed by atoms with Gasteiger partial charge in [-0.3, -0.25) is 14.6 Å². The van der Waals surface area contributed by atoms with Crippen LogP contribution in [-0.4, -0.2) is 79.3 Å². The number of carbonyl (C=O) groups excluding carboxylic acids is 2. The minimum absolute atomic E-state index is 0.0452. The average molecular weight is 685 g/mol. The van der Waals surface area contributed by atoms with E-state index in [1.165, 1.54) is 11.8 Å². The van der Waals surface area contributed by atoms with Crippen LogP contribution in [0.1, 0.15) is 52.0 Å². The van der Waals surface area contributed by atoms with Crippen LogP contribution in [0.3, 0.4) is 0 Å². The predicted octanol–water partition coefficient (Wildman–Crippen LogP) is 4.07. The Hall–Kier alpha value is -3.03. The van der Waals surface area contributed by atoms with Crippen molar-refractivity contribution in [2.24, 2.45) is 11.8 Å². The minimum Gasteiger partial charge on any atom is -0.391 e. The second kappa shape index (κ2) is 16.4. The van der Waals surface area contributed by atoms with E-state index in [9.17, 15) is 23.1 Å². The Balaban J connectivity index is 1.55. The summed E-state index contributed by atoms with van der Waals surface area (Å²) in [7, 11) is -2.10. The van der Waals surface area contributed by atoms with Gasteiger partial charge in [0.25, 0.3) is 0 Å². The van der Waals surface area contributed by atoms with Crippen LogP contribution >= 0.6 is 11.8 Å². The number of nitrogens with zero attached hydrogens (tertiary/aromatic N) is 1. The Bertz CT molecular complexity index is 1590. The van der Waals surface area contributed by atoms with Crippen LogP contribution in [0.2, 0.25) is 0 Å². The lowest BCUT2D eigenvalue weighted by Gasteiger charge is -2.38. The molecule has 12 heteroatoms. The molecule has 1 aliphatic rings. The number of ether oxygens (including phenoxy) is 1. The molecule has 1 aliphatic carbocycles. The third kappa shape index (κ3) is 11.3. The molecule has 0 aliphatic heterocycles. The Morgan fingerprint density at radius 2 is 1.79 bits per heavy atom. The van der Waals surface area contributed by atoms with E-state index in [-0.39, 0.29) is 36.0 Å². The summed E-state index contributed by atoms with van der Waals surface area (Å²) < 4.78 is 32.9. The smallest absolute Gasteiger partial charge is 0.239 e. The number of thioether (sulfide) groups is 1. The van der Waals surface area contributed by atoms with Crippen LogP contribution in [0.5, 0.6) is 0 Å². The van der Waals surface area contributed by atoms with Crippen molar-refractivity contribution in [2.75, 3.05) is 19.1 Å². The average Bonchev–Trinajstić information content (AvgIpc) is 3.02. The maximum absolute atomic E-state index is 13.9. The number of sulfonamides is 1. The second-order valence-electron chi connectivity index (χ2n) is 13.5. The highest BCUT2D eigenvalue weighted by Gasteiger charge is 2.39. The number of aliphatic hydroxyl groups excluding tert-OH is 1. The molecule has 6 atom stereocenters. The Kier molecular flexibility index (Phi) is 12.8. The SMILES string of the molecule is COC1CCC(C[C@@H](O)[C@H](Cc2ccccc2)NC(=O)[C@@H](CSc2cccc3cccnc23)NS(C)(=O)=O)C(C(=O)NC(C)(C)C)C1. The molecule has 4 rings (SSSR count). The number of amides is 2. The number of fused-ring (bicyclic) bond motifs is 1. The normalized spacial score (nSPS) is 20.7. The van der Waals surface area contributed by atoms with Gasteiger partial charge >= 0.3 is 0 Å². The molecular weight excluding hydrogens is 637 g/mol. The van der Waals surface area contributed by atoms with Crippen molar-refractivity contribution in [3.05, 3.63) is 72.4 Å². The van der Waals surface area contributed by atoms with E-state index < -0.39 is 39.7 Å². The number of methoxy groups -OCH3 is 1. The minimum atomic E-state index is -3.75. The van der Waals surface area contributed by atoms with Gasteiger partial charge in [-0.05, 0) is 76.5 Å². The van der Waals surface area contributed by atoms with Gasteiger partial charge in [0.1, 0.15) is 6.04 Å². The molecule has 0 bridgehead atoms. The molecular formula is C35H48N4O6S2. The summed E-state index contributed by atoms with van der Waals surface area (Å²) in [6, 6.07) is 17.2. The number of benzene rings is 2. The fraction of sp³-hybridized carbons (Fsp3) is 0.514. The van der Waals surface area contributed by atoms with E-state index >= 15 is 0 Å². The third-order valence-electron chi connectivity index (χ3n) is 8.42. The first kappa shape index (κ1) is 36.8. The summed E-state index contributed by atoms with van der Waals surface area (Å²) >= 11 is 1.34. The van der Waals surface area contributed by atoms with Gasteiger partial charge in [0.2, 0.25) is 21.8 Å². The summed E-state index contributed by atoms with van der Waals surface area (Å²) in [5.41, 5.74) is 1.26. The lowest BCUT2D eigenvalue weighted by atomic mass is 9.73. The first-order chi connectivity index (χ1) is 22.2. The molecule has 10 nitrogen and oxygen atoms in total. The number of para-hydroxylation sites is 1. The van der Waals surface area contributed by atoms with E-state index in [1.807, 2.05) is 81.4 Å². The quantitative estimate of drug-likeness (QED) is 0.186. The number of rotatable bonds is 14. The first-order valence-electron chi connectivity index (χ1n) is 16.0. The van der Waals surface area contributed by atoms with Crippen molar-refractivity contribution in [2.45, 2.75) is 87.6 Å². The highest BCUT2D eigenvalue weighted by Crippen LogP contribution is 2.36. The standard InChI is InChI=1S/C35H48N4O6S2/c1-35(2,3)38-33(41)27-21-26(45-4)17-16-25(27)20-30(40)28(19-23-11-7-6-8-12-23)37-34(42)29(39-47(5,43)44)22-46-31-15-9-13-24-14-10-18-36-32(24)31/h6-15,18,25-30,39-40H,16-17,19-22H2,1-5H3,(H,37,42)(H,38,41)/t25?,26?,27?,28-,29+,30+/m0/s1. The number of aliphatic hydroxyl groups is 1. The molecule has 1 fully saturated rings. The maximum Gasteiger partial charge on any atom is 0.239 e. The van der Waals surface area contributed by atoms with Crippen LogP contribution in [0.25, 0.3) is 10.9 Å². The maximum atomic E-state index is 13.9. The Morgan fingerprint density at radius 1 is 1.06 bits per heavy atom. The summed E-state index contributed by atoms with van der Waals surface area (Å²) in [5.74, 6) is -0.994. The second-order valence-corrected chi connectivity index (χ2v) is 16.3. The van der Waals surface area contributed by atoms with E-state index in [0.29, 0.717) is 19.3 Å². The lowest BCUT2D eigenvalue weighted by Crippen LogP contribution is -2.54. The zero-order valence-corrected chi connectivity index (χ0v) is 29.4. The van der Waals surface area contributed by atoms with Crippen LogP contribution in [0.4, 0.5) is 0 Å². The van der Waals surface area contributed by atoms with Gasteiger partial charge in [-0.2, -0.15) is 0 Å². The van der Waals surface area contributed by atoms with Crippen molar-refractivity contribution < 1.29 is 27.9 Å². The van der Waals surface area contributed by atoms with Gasteiger partial charge in [-0.15, -0.1) is 11.8 Å². The van der Waals surface area contributed by atoms with Crippen LogP contribution in [0.15, 0.2) is 71.8 Å². The molecule has 1 heterocycles. The van der Waals surface area contributed by atoms with E-state index in [0.717, 1.165) is 34.0 Å².